The van der Waals surface area contributed by atoms with Gasteiger partial charge in [-0.15, -0.1) is 0 Å². The molecule has 2 heterocycles. The Morgan fingerprint density at radius 1 is 1.18 bits per heavy atom. The van der Waals surface area contributed by atoms with Crippen molar-refractivity contribution < 1.29 is 0 Å². The highest BCUT2D eigenvalue weighted by molar-refractivity contribution is 5.88. The van der Waals surface area contributed by atoms with Crippen LogP contribution in [-0.4, -0.2) is 9.97 Å². The van der Waals surface area contributed by atoms with Crippen LogP contribution in [0.1, 0.15) is 5.56 Å². The van der Waals surface area contributed by atoms with Crippen molar-refractivity contribution >= 4 is 16.7 Å². The van der Waals surface area contributed by atoms with Gasteiger partial charge in [0.25, 0.3) is 0 Å². The first-order valence-corrected chi connectivity index (χ1v) is 5.54. The number of rotatable bonds is 1. The molecular weight excluding hydrogens is 210 g/mol. The largest absolute Gasteiger partial charge is 0.384 e. The number of hydrogen-bond acceptors (Lipinski definition) is 2. The molecule has 3 nitrogen and oxygen atoms in total. The highest BCUT2D eigenvalue weighted by Gasteiger charge is 2.04. The van der Waals surface area contributed by atoms with Crippen LogP contribution >= 0.6 is 0 Å². The average Bonchev–Trinajstić information content (AvgIpc) is 2.75. The highest BCUT2D eigenvalue weighted by atomic mass is 14.8. The first kappa shape index (κ1) is 9.90. The van der Waals surface area contributed by atoms with Crippen LogP contribution in [0.25, 0.3) is 22.2 Å². The number of anilines is 1. The number of aromatic nitrogens is 2. The van der Waals surface area contributed by atoms with Gasteiger partial charge < -0.3 is 10.7 Å². The Bertz CT molecular complexity index is 666. The standard InChI is InChI=1S/C14H13N3/c1-9-3-2-4-12-11(9)7-13(17-12)10-5-6-14(15)16-8-10/h2-8,17H,1H3,(H2,15,16). The lowest BCUT2D eigenvalue weighted by Gasteiger charge is -1.97. The second-order valence-electron chi connectivity index (χ2n) is 4.19. The smallest absolute Gasteiger partial charge is 0.123 e. The molecule has 0 saturated carbocycles. The van der Waals surface area contributed by atoms with E-state index in [9.17, 15) is 0 Å². The van der Waals surface area contributed by atoms with Crippen molar-refractivity contribution in [3.63, 3.8) is 0 Å². The summed E-state index contributed by atoms with van der Waals surface area (Å²) in [7, 11) is 0. The van der Waals surface area contributed by atoms with Crippen LogP contribution in [0.3, 0.4) is 0 Å². The van der Waals surface area contributed by atoms with Gasteiger partial charge >= 0.3 is 0 Å². The number of nitrogens with one attached hydrogen (secondary N) is 1. The second kappa shape index (κ2) is 3.63. The molecule has 0 amide bonds. The zero-order valence-electron chi connectivity index (χ0n) is 9.57. The SMILES string of the molecule is Cc1cccc2[nH]c(-c3ccc(N)nc3)cc12. The van der Waals surface area contributed by atoms with E-state index < -0.39 is 0 Å². The number of nitrogens with zero attached hydrogens (tertiary/aromatic N) is 1. The zero-order chi connectivity index (χ0) is 11.8. The molecule has 0 fully saturated rings. The molecule has 3 aromatic rings. The van der Waals surface area contributed by atoms with Gasteiger partial charge in [-0.1, -0.05) is 12.1 Å². The summed E-state index contributed by atoms with van der Waals surface area (Å²) in [5.74, 6) is 0.543. The van der Waals surface area contributed by atoms with Crippen LogP contribution in [0, 0.1) is 6.92 Å². The number of fused-ring (bicyclic) bond motifs is 1. The van der Waals surface area contributed by atoms with Gasteiger partial charge in [0, 0.05) is 28.4 Å². The lowest BCUT2D eigenvalue weighted by atomic mass is 10.1. The number of hydrogen-bond donors (Lipinski definition) is 2. The lowest BCUT2D eigenvalue weighted by Crippen LogP contribution is -1.88. The zero-order valence-corrected chi connectivity index (χ0v) is 9.57. The van der Waals surface area contributed by atoms with Crippen molar-refractivity contribution in [3.8, 4) is 11.3 Å². The maximum atomic E-state index is 5.58. The number of aromatic amines is 1. The minimum absolute atomic E-state index is 0.543. The van der Waals surface area contributed by atoms with Gasteiger partial charge in [-0.25, -0.2) is 4.98 Å². The summed E-state index contributed by atoms with van der Waals surface area (Å²) in [6, 6.07) is 12.2. The van der Waals surface area contributed by atoms with E-state index in [1.165, 1.54) is 10.9 Å². The predicted octanol–water partition coefficient (Wildman–Crippen LogP) is 3.12. The Morgan fingerprint density at radius 3 is 2.76 bits per heavy atom. The van der Waals surface area contributed by atoms with Crippen LogP contribution in [0.2, 0.25) is 0 Å². The van der Waals surface area contributed by atoms with Gasteiger partial charge in [0.15, 0.2) is 0 Å². The van der Waals surface area contributed by atoms with Crippen LogP contribution in [0.4, 0.5) is 5.82 Å². The van der Waals surface area contributed by atoms with E-state index in [1.54, 1.807) is 6.20 Å². The van der Waals surface area contributed by atoms with Gasteiger partial charge in [0.05, 0.1) is 0 Å². The summed E-state index contributed by atoms with van der Waals surface area (Å²) in [4.78, 5) is 7.50. The molecule has 0 aliphatic heterocycles. The third-order valence-corrected chi connectivity index (χ3v) is 2.98. The topological polar surface area (TPSA) is 54.7 Å². The molecule has 0 atom stereocenters. The van der Waals surface area contributed by atoms with Crippen molar-refractivity contribution in [1.29, 1.82) is 0 Å². The van der Waals surface area contributed by atoms with E-state index >= 15 is 0 Å². The maximum absolute atomic E-state index is 5.58. The Hall–Kier alpha value is -2.29. The number of aryl methyl sites for hydroxylation is 1. The lowest BCUT2D eigenvalue weighted by molar-refractivity contribution is 1.32. The Morgan fingerprint density at radius 2 is 2.06 bits per heavy atom. The summed E-state index contributed by atoms with van der Waals surface area (Å²) in [6.45, 7) is 2.11. The van der Waals surface area contributed by atoms with Gasteiger partial charge in [0.1, 0.15) is 5.82 Å². The van der Waals surface area contributed by atoms with E-state index in [2.05, 4.69) is 41.2 Å². The molecule has 1 aromatic carbocycles. The average molecular weight is 223 g/mol. The molecule has 0 aliphatic rings. The van der Waals surface area contributed by atoms with E-state index in [1.807, 2.05) is 12.1 Å². The number of nitrogen functional groups attached to an aromatic ring is 1. The molecule has 3 heteroatoms. The summed E-state index contributed by atoms with van der Waals surface area (Å²) >= 11 is 0. The minimum Gasteiger partial charge on any atom is -0.384 e. The Kier molecular flexibility index (Phi) is 2.11. The number of H-pyrrole nitrogens is 1. The van der Waals surface area contributed by atoms with Crippen molar-refractivity contribution in [1.82, 2.24) is 9.97 Å². The predicted molar refractivity (Wildman–Crippen MR) is 70.7 cm³/mol. The number of benzene rings is 1. The molecule has 0 aliphatic carbocycles. The van der Waals surface area contributed by atoms with E-state index in [4.69, 9.17) is 5.73 Å². The molecule has 17 heavy (non-hydrogen) atoms. The molecule has 0 bridgehead atoms. The summed E-state index contributed by atoms with van der Waals surface area (Å²) in [6.07, 6.45) is 1.79. The van der Waals surface area contributed by atoms with Crippen molar-refractivity contribution in [2.45, 2.75) is 6.92 Å². The van der Waals surface area contributed by atoms with E-state index in [0.29, 0.717) is 5.82 Å². The maximum Gasteiger partial charge on any atom is 0.123 e. The van der Waals surface area contributed by atoms with Crippen molar-refractivity contribution in [3.05, 3.63) is 48.2 Å². The molecule has 3 N–H and O–H groups in total. The molecule has 0 spiro atoms. The first-order chi connectivity index (χ1) is 8.24. The fourth-order valence-corrected chi connectivity index (χ4v) is 2.03. The Labute approximate surface area is 99.3 Å². The van der Waals surface area contributed by atoms with Gasteiger partial charge in [0.2, 0.25) is 0 Å². The quantitative estimate of drug-likeness (QED) is 0.666. The highest BCUT2D eigenvalue weighted by Crippen LogP contribution is 2.25. The Balaban J connectivity index is 2.18. The van der Waals surface area contributed by atoms with Crippen LogP contribution in [0.5, 0.6) is 0 Å². The number of nitrogens with two attached hydrogens (primary N) is 1. The molecule has 2 aromatic heterocycles. The third kappa shape index (κ3) is 1.65. The molecule has 0 unspecified atom stereocenters. The van der Waals surface area contributed by atoms with Crippen LogP contribution < -0.4 is 5.73 Å². The molecule has 0 radical (unpaired) electrons. The normalized spacial score (nSPS) is 10.9. The molecule has 84 valence electrons. The van der Waals surface area contributed by atoms with Crippen LogP contribution in [-0.2, 0) is 0 Å². The summed E-state index contributed by atoms with van der Waals surface area (Å²) < 4.78 is 0. The van der Waals surface area contributed by atoms with Gasteiger partial charge in [-0.05, 0) is 36.8 Å². The van der Waals surface area contributed by atoms with Crippen molar-refractivity contribution in [2.75, 3.05) is 5.73 Å². The van der Waals surface area contributed by atoms with Gasteiger partial charge in [-0.3, -0.25) is 0 Å². The van der Waals surface area contributed by atoms with Gasteiger partial charge in [-0.2, -0.15) is 0 Å². The summed E-state index contributed by atoms with van der Waals surface area (Å²) in [5, 5.41) is 1.25. The fraction of sp³-hybridized carbons (Fsp3) is 0.0714. The van der Waals surface area contributed by atoms with E-state index in [-0.39, 0.29) is 0 Å². The monoisotopic (exact) mass is 223 g/mol. The molecule has 0 saturated heterocycles. The molecule has 3 rings (SSSR count). The number of pyridine rings is 1. The third-order valence-electron chi connectivity index (χ3n) is 2.98. The first-order valence-electron chi connectivity index (χ1n) is 5.54. The van der Waals surface area contributed by atoms with E-state index in [0.717, 1.165) is 16.8 Å². The molecular formula is C14H13N3. The van der Waals surface area contributed by atoms with Crippen molar-refractivity contribution in [2.24, 2.45) is 0 Å². The fourth-order valence-electron chi connectivity index (χ4n) is 2.03. The second-order valence-corrected chi connectivity index (χ2v) is 4.19. The minimum atomic E-state index is 0.543. The van der Waals surface area contributed by atoms with Crippen LogP contribution in [0.15, 0.2) is 42.6 Å². The summed E-state index contributed by atoms with van der Waals surface area (Å²) in [5.41, 5.74) is 10.1.